The number of likely N-dealkylation sites (tertiary alicyclic amines) is 1. The number of amides is 1. The predicted molar refractivity (Wildman–Crippen MR) is 79.1 cm³/mol. The standard InChI is InChI=1S/C16H30N2O/c1-2-3-4-5-6-11-16(19)18-13-8-10-15(18)14-9-7-12-17-14/h14-15,17H,2-13H2,1H3. The van der Waals surface area contributed by atoms with Crippen LogP contribution in [0.5, 0.6) is 0 Å². The zero-order chi connectivity index (χ0) is 13.5. The molecule has 2 aliphatic rings. The molecular weight excluding hydrogens is 236 g/mol. The Kier molecular flexibility index (Phi) is 6.15. The SMILES string of the molecule is CCCCCCCC(=O)N1CCCC1C1CCCN1. The molecular formula is C16H30N2O. The fourth-order valence-corrected chi connectivity index (χ4v) is 3.58. The van der Waals surface area contributed by atoms with Gasteiger partial charge in [0.05, 0.1) is 0 Å². The first-order chi connectivity index (χ1) is 9.33. The smallest absolute Gasteiger partial charge is 0.222 e. The largest absolute Gasteiger partial charge is 0.338 e. The Bertz CT molecular complexity index is 274. The maximum atomic E-state index is 12.3. The van der Waals surface area contributed by atoms with Gasteiger partial charge in [0.2, 0.25) is 5.91 Å². The first-order valence-electron chi connectivity index (χ1n) is 8.35. The predicted octanol–water partition coefficient (Wildman–Crippen LogP) is 3.09. The van der Waals surface area contributed by atoms with Crippen LogP contribution in [0.4, 0.5) is 0 Å². The Morgan fingerprint density at radius 1 is 1.16 bits per heavy atom. The first kappa shape index (κ1) is 14.8. The minimum absolute atomic E-state index is 0.410. The Balaban J connectivity index is 1.71. The van der Waals surface area contributed by atoms with E-state index in [2.05, 4.69) is 17.1 Å². The van der Waals surface area contributed by atoms with E-state index >= 15 is 0 Å². The van der Waals surface area contributed by atoms with Gasteiger partial charge in [-0.25, -0.2) is 0 Å². The summed E-state index contributed by atoms with van der Waals surface area (Å²) >= 11 is 0. The molecule has 1 amide bonds. The third-order valence-electron chi connectivity index (χ3n) is 4.68. The lowest BCUT2D eigenvalue weighted by atomic mass is 10.0. The van der Waals surface area contributed by atoms with Gasteiger partial charge in [0.15, 0.2) is 0 Å². The fourth-order valence-electron chi connectivity index (χ4n) is 3.58. The van der Waals surface area contributed by atoms with Gasteiger partial charge in [-0.1, -0.05) is 32.6 Å². The van der Waals surface area contributed by atoms with Crippen LogP contribution < -0.4 is 5.32 Å². The van der Waals surface area contributed by atoms with Crippen LogP contribution in [0.1, 0.15) is 71.1 Å². The maximum absolute atomic E-state index is 12.3. The van der Waals surface area contributed by atoms with E-state index in [-0.39, 0.29) is 0 Å². The van der Waals surface area contributed by atoms with E-state index in [1.165, 1.54) is 51.4 Å². The molecule has 0 saturated carbocycles. The number of nitrogens with zero attached hydrogens (tertiary/aromatic N) is 1. The number of rotatable bonds is 7. The van der Waals surface area contributed by atoms with Crippen LogP contribution >= 0.6 is 0 Å². The zero-order valence-corrected chi connectivity index (χ0v) is 12.5. The molecule has 2 unspecified atom stereocenters. The maximum Gasteiger partial charge on any atom is 0.222 e. The molecule has 3 heteroatoms. The quantitative estimate of drug-likeness (QED) is 0.718. The summed E-state index contributed by atoms with van der Waals surface area (Å²) in [4.78, 5) is 14.5. The minimum Gasteiger partial charge on any atom is -0.338 e. The number of carbonyl (C=O) groups excluding carboxylic acids is 1. The second-order valence-corrected chi connectivity index (χ2v) is 6.16. The highest BCUT2D eigenvalue weighted by molar-refractivity contribution is 5.76. The van der Waals surface area contributed by atoms with Gasteiger partial charge in [0.25, 0.3) is 0 Å². The van der Waals surface area contributed by atoms with Crippen molar-refractivity contribution in [3.05, 3.63) is 0 Å². The second-order valence-electron chi connectivity index (χ2n) is 6.16. The van der Waals surface area contributed by atoms with Gasteiger partial charge < -0.3 is 10.2 Å². The summed E-state index contributed by atoms with van der Waals surface area (Å²) in [6.45, 7) is 4.37. The van der Waals surface area contributed by atoms with E-state index in [1.807, 2.05) is 0 Å². The minimum atomic E-state index is 0.410. The van der Waals surface area contributed by atoms with Crippen molar-refractivity contribution < 1.29 is 4.79 Å². The molecule has 2 atom stereocenters. The third kappa shape index (κ3) is 4.20. The van der Waals surface area contributed by atoms with Crippen LogP contribution in [0.25, 0.3) is 0 Å². The van der Waals surface area contributed by atoms with Crippen LogP contribution in [0.15, 0.2) is 0 Å². The molecule has 0 aliphatic carbocycles. The van der Waals surface area contributed by atoms with Crippen LogP contribution in [0.3, 0.4) is 0 Å². The molecule has 3 nitrogen and oxygen atoms in total. The van der Waals surface area contributed by atoms with Gasteiger partial charge in [0.1, 0.15) is 0 Å². The molecule has 0 aromatic heterocycles. The van der Waals surface area contributed by atoms with E-state index < -0.39 is 0 Å². The Hall–Kier alpha value is -0.570. The zero-order valence-electron chi connectivity index (χ0n) is 12.5. The molecule has 0 aromatic rings. The summed E-state index contributed by atoms with van der Waals surface area (Å²) < 4.78 is 0. The average molecular weight is 266 g/mol. The van der Waals surface area contributed by atoms with Crippen molar-refractivity contribution in [3.8, 4) is 0 Å². The molecule has 2 rings (SSSR count). The van der Waals surface area contributed by atoms with E-state index in [0.717, 1.165) is 25.9 Å². The molecule has 2 aliphatic heterocycles. The average Bonchev–Trinajstić information content (AvgIpc) is 3.08. The molecule has 0 radical (unpaired) electrons. The van der Waals surface area contributed by atoms with Gasteiger partial charge in [-0.15, -0.1) is 0 Å². The second kappa shape index (κ2) is 7.88. The Labute approximate surface area is 118 Å². The van der Waals surface area contributed by atoms with Crippen molar-refractivity contribution in [3.63, 3.8) is 0 Å². The monoisotopic (exact) mass is 266 g/mol. The Morgan fingerprint density at radius 3 is 2.74 bits per heavy atom. The van der Waals surface area contributed by atoms with E-state index in [0.29, 0.717) is 18.0 Å². The lowest BCUT2D eigenvalue weighted by molar-refractivity contribution is -0.132. The highest BCUT2D eigenvalue weighted by atomic mass is 16.2. The highest BCUT2D eigenvalue weighted by Crippen LogP contribution is 2.25. The summed E-state index contributed by atoms with van der Waals surface area (Å²) in [5.74, 6) is 0.410. The molecule has 0 bridgehead atoms. The van der Waals surface area contributed by atoms with E-state index in [9.17, 15) is 4.79 Å². The number of hydrogen-bond acceptors (Lipinski definition) is 2. The van der Waals surface area contributed by atoms with Crippen molar-refractivity contribution >= 4 is 5.91 Å². The molecule has 2 saturated heterocycles. The molecule has 0 aromatic carbocycles. The molecule has 19 heavy (non-hydrogen) atoms. The molecule has 110 valence electrons. The van der Waals surface area contributed by atoms with Crippen LogP contribution in [0, 0.1) is 0 Å². The topological polar surface area (TPSA) is 32.3 Å². The number of hydrogen-bond donors (Lipinski definition) is 1. The van der Waals surface area contributed by atoms with Gasteiger partial charge in [-0.3, -0.25) is 4.79 Å². The van der Waals surface area contributed by atoms with Crippen molar-refractivity contribution in [1.29, 1.82) is 0 Å². The summed E-state index contributed by atoms with van der Waals surface area (Å²) in [6.07, 6.45) is 11.9. The van der Waals surface area contributed by atoms with Gasteiger partial charge in [-0.2, -0.15) is 0 Å². The molecule has 1 N–H and O–H groups in total. The summed E-state index contributed by atoms with van der Waals surface area (Å²) in [5, 5.41) is 3.57. The number of nitrogens with one attached hydrogen (secondary N) is 1. The lowest BCUT2D eigenvalue weighted by Gasteiger charge is -2.29. The Morgan fingerprint density at radius 2 is 2.00 bits per heavy atom. The van der Waals surface area contributed by atoms with Gasteiger partial charge in [-0.05, 0) is 38.6 Å². The van der Waals surface area contributed by atoms with Crippen LogP contribution in [-0.2, 0) is 4.79 Å². The highest BCUT2D eigenvalue weighted by Gasteiger charge is 2.35. The fraction of sp³-hybridized carbons (Fsp3) is 0.938. The van der Waals surface area contributed by atoms with Gasteiger partial charge in [0, 0.05) is 25.0 Å². The number of unbranched alkanes of at least 4 members (excludes halogenated alkanes) is 4. The molecule has 2 heterocycles. The van der Waals surface area contributed by atoms with Crippen LogP contribution in [0.2, 0.25) is 0 Å². The number of carbonyl (C=O) groups is 1. The first-order valence-corrected chi connectivity index (χ1v) is 8.35. The normalized spacial score (nSPS) is 27.1. The van der Waals surface area contributed by atoms with Crippen molar-refractivity contribution in [1.82, 2.24) is 10.2 Å². The third-order valence-corrected chi connectivity index (χ3v) is 4.68. The molecule has 0 spiro atoms. The van der Waals surface area contributed by atoms with Crippen molar-refractivity contribution in [2.75, 3.05) is 13.1 Å². The van der Waals surface area contributed by atoms with Crippen molar-refractivity contribution in [2.45, 2.75) is 83.2 Å². The summed E-state index contributed by atoms with van der Waals surface area (Å²) in [7, 11) is 0. The van der Waals surface area contributed by atoms with Gasteiger partial charge >= 0.3 is 0 Å². The van der Waals surface area contributed by atoms with E-state index in [4.69, 9.17) is 0 Å². The van der Waals surface area contributed by atoms with Crippen LogP contribution in [-0.4, -0.2) is 36.0 Å². The lowest BCUT2D eigenvalue weighted by Crippen LogP contribution is -2.46. The van der Waals surface area contributed by atoms with Crippen molar-refractivity contribution in [2.24, 2.45) is 0 Å². The molecule has 2 fully saturated rings. The van der Waals surface area contributed by atoms with E-state index in [1.54, 1.807) is 0 Å². The summed E-state index contributed by atoms with van der Waals surface area (Å²) in [6, 6.07) is 1.07. The summed E-state index contributed by atoms with van der Waals surface area (Å²) in [5.41, 5.74) is 0.